The summed E-state index contributed by atoms with van der Waals surface area (Å²) in [6.07, 6.45) is 4.52. The van der Waals surface area contributed by atoms with Gasteiger partial charge < -0.3 is 15.2 Å². The molecule has 1 atom stereocenters. The molecule has 2 aromatic rings. The van der Waals surface area contributed by atoms with E-state index in [1.54, 1.807) is 6.20 Å². The summed E-state index contributed by atoms with van der Waals surface area (Å²) in [6.45, 7) is 6.09. The molecular formula is C20H28N4O2. The van der Waals surface area contributed by atoms with Crippen LogP contribution in [0.25, 0.3) is 0 Å². The number of amides is 2. The Morgan fingerprint density at radius 1 is 1.19 bits per heavy atom. The topological polar surface area (TPSA) is 76.0 Å². The van der Waals surface area contributed by atoms with Crippen LogP contribution < -0.4 is 10.6 Å². The molecule has 26 heavy (non-hydrogen) atoms. The summed E-state index contributed by atoms with van der Waals surface area (Å²) in [6, 6.07) is 9.48. The van der Waals surface area contributed by atoms with E-state index in [1.165, 1.54) is 0 Å². The van der Waals surface area contributed by atoms with Gasteiger partial charge in [-0.3, -0.25) is 9.59 Å². The van der Waals surface area contributed by atoms with Gasteiger partial charge in [-0.25, -0.2) is 4.98 Å². The molecule has 6 heteroatoms. The van der Waals surface area contributed by atoms with E-state index in [1.807, 2.05) is 68.9 Å². The van der Waals surface area contributed by atoms with Crippen molar-refractivity contribution in [3.05, 3.63) is 54.1 Å². The largest absolute Gasteiger partial charge is 0.356 e. The molecule has 2 N–H and O–H groups in total. The molecule has 0 radical (unpaired) electrons. The van der Waals surface area contributed by atoms with E-state index in [-0.39, 0.29) is 17.9 Å². The quantitative estimate of drug-likeness (QED) is 0.749. The first-order valence-corrected chi connectivity index (χ1v) is 8.89. The number of aromatic nitrogens is 2. The Kier molecular flexibility index (Phi) is 6.55. The molecule has 140 valence electrons. The van der Waals surface area contributed by atoms with Gasteiger partial charge in [0.2, 0.25) is 11.8 Å². The number of aryl methyl sites for hydroxylation is 1. The lowest BCUT2D eigenvalue weighted by Crippen LogP contribution is -2.36. The minimum atomic E-state index is -0.418. The van der Waals surface area contributed by atoms with E-state index < -0.39 is 5.41 Å². The van der Waals surface area contributed by atoms with Gasteiger partial charge in [0.25, 0.3) is 0 Å². The fraction of sp³-hybridized carbons (Fsp3) is 0.450. The average Bonchev–Trinajstić information content (AvgIpc) is 3.02. The highest BCUT2D eigenvalue weighted by atomic mass is 16.2. The Labute approximate surface area is 155 Å². The van der Waals surface area contributed by atoms with E-state index in [4.69, 9.17) is 0 Å². The van der Waals surface area contributed by atoms with Crippen LogP contribution in [0.4, 0.5) is 0 Å². The normalized spacial score (nSPS) is 12.5. The molecule has 0 fully saturated rings. The number of hydrogen-bond donors (Lipinski definition) is 2. The lowest BCUT2D eigenvalue weighted by Gasteiger charge is -2.20. The summed E-state index contributed by atoms with van der Waals surface area (Å²) in [7, 11) is 1.91. The molecule has 2 amide bonds. The second-order valence-electron chi connectivity index (χ2n) is 7.42. The standard InChI is InChI=1S/C20H28N4O2/c1-20(2,3)19(26)22-12-8-11-16(25)23-17(15-9-6-5-7-10-15)18-21-13-14-24(18)4/h5-7,9-10,13-14,17H,8,11-12H2,1-4H3,(H,22,26)(H,23,25)/t17-/m0/s1. The molecule has 0 bridgehead atoms. The van der Waals surface area contributed by atoms with Crippen LogP contribution >= 0.6 is 0 Å². The molecule has 0 spiro atoms. The highest BCUT2D eigenvalue weighted by Crippen LogP contribution is 2.20. The maximum atomic E-state index is 12.4. The summed E-state index contributed by atoms with van der Waals surface area (Å²) in [4.78, 5) is 28.6. The number of nitrogens with one attached hydrogen (secondary N) is 2. The first kappa shape index (κ1) is 19.7. The van der Waals surface area contributed by atoms with Crippen molar-refractivity contribution in [2.45, 2.75) is 39.7 Å². The molecule has 1 aromatic carbocycles. The number of carbonyl (C=O) groups is 2. The maximum Gasteiger partial charge on any atom is 0.225 e. The SMILES string of the molecule is Cn1ccnc1[C@@H](NC(=O)CCCNC(=O)C(C)(C)C)c1ccccc1. The van der Waals surface area contributed by atoms with Crippen molar-refractivity contribution in [3.8, 4) is 0 Å². The van der Waals surface area contributed by atoms with Gasteiger partial charge in [-0.1, -0.05) is 51.1 Å². The fourth-order valence-electron chi connectivity index (χ4n) is 2.55. The van der Waals surface area contributed by atoms with Crippen molar-refractivity contribution in [2.75, 3.05) is 6.54 Å². The zero-order chi connectivity index (χ0) is 19.2. The van der Waals surface area contributed by atoms with Crippen LogP contribution in [0, 0.1) is 5.41 Å². The highest BCUT2D eigenvalue weighted by molar-refractivity contribution is 5.81. The molecule has 1 aromatic heterocycles. The number of carbonyl (C=O) groups excluding carboxylic acids is 2. The smallest absolute Gasteiger partial charge is 0.225 e. The molecule has 1 heterocycles. The monoisotopic (exact) mass is 356 g/mol. The van der Waals surface area contributed by atoms with Crippen molar-refractivity contribution >= 4 is 11.8 Å². The summed E-state index contributed by atoms with van der Waals surface area (Å²) in [5.74, 6) is 0.713. The molecule has 0 saturated heterocycles. The second kappa shape index (κ2) is 8.65. The van der Waals surface area contributed by atoms with Gasteiger partial charge in [0.05, 0.1) is 0 Å². The minimum absolute atomic E-state index is 0.00641. The van der Waals surface area contributed by atoms with Gasteiger partial charge in [0.15, 0.2) is 0 Å². The van der Waals surface area contributed by atoms with E-state index in [2.05, 4.69) is 15.6 Å². The van der Waals surface area contributed by atoms with Gasteiger partial charge in [-0.15, -0.1) is 0 Å². The van der Waals surface area contributed by atoms with Gasteiger partial charge >= 0.3 is 0 Å². The molecule has 2 rings (SSSR count). The van der Waals surface area contributed by atoms with Crippen molar-refractivity contribution < 1.29 is 9.59 Å². The van der Waals surface area contributed by atoms with Crippen LogP contribution in [0.5, 0.6) is 0 Å². The summed E-state index contributed by atoms with van der Waals surface area (Å²) < 4.78 is 1.90. The van der Waals surface area contributed by atoms with E-state index >= 15 is 0 Å². The Morgan fingerprint density at radius 2 is 1.88 bits per heavy atom. The molecule has 0 aliphatic heterocycles. The third-order valence-electron chi connectivity index (χ3n) is 4.10. The van der Waals surface area contributed by atoms with Gasteiger partial charge in [0, 0.05) is 37.8 Å². The zero-order valence-electron chi connectivity index (χ0n) is 16.0. The first-order chi connectivity index (χ1) is 12.3. The highest BCUT2D eigenvalue weighted by Gasteiger charge is 2.22. The van der Waals surface area contributed by atoms with Crippen LogP contribution in [-0.4, -0.2) is 27.9 Å². The number of imidazole rings is 1. The van der Waals surface area contributed by atoms with Gasteiger partial charge in [-0.05, 0) is 12.0 Å². The third kappa shape index (κ3) is 5.44. The summed E-state index contributed by atoms with van der Waals surface area (Å²) >= 11 is 0. The number of benzene rings is 1. The number of rotatable bonds is 7. The summed E-state index contributed by atoms with van der Waals surface area (Å²) in [5, 5.41) is 5.92. The summed E-state index contributed by atoms with van der Waals surface area (Å²) in [5.41, 5.74) is 0.565. The lowest BCUT2D eigenvalue weighted by molar-refractivity contribution is -0.128. The fourth-order valence-corrected chi connectivity index (χ4v) is 2.55. The molecule has 0 aliphatic rings. The Bertz CT molecular complexity index is 732. The first-order valence-electron chi connectivity index (χ1n) is 8.89. The zero-order valence-corrected chi connectivity index (χ0v) is 16.0. The molecule has 0 unspecified atom stereocenters. The Balaban J connectivity index is 1.93. The number of nitrogens with zero attached hydrogens (tertiary/aromatic N) is 2. The Hall–Kier alpha value is -2.63. The van der Waals surface area contributed by atoms with Crippen LogP contribution in [0.1, 0.15) is 51.0 Å². The second-order valence-corrected chi connectivity index (χ2v) is 7.42. The Morgan fingerprint density at radius 3 is 2.46 bits per heavy atom. The van der Waals surface area contributed by atoms with Crippen molar-refractivity contribution in [1.29, 1.82) is 0 Å². The predicted octanol–water partition coefficient (Wildman–Crippen LogP) is 2.57. The molecular weight excluding hydrogens is 328 g/mol. The maximum absolute atomic E-state index is 12.4. The van der Waals surface area contributed by atoms with Crippen molar-refractivity contribution in [3.63, 3.8) is 0 Å². The van der Waals surface area contributed by atoms with Gasteiger partial charge in [-0.2, -0.15) is 0 Å². The molecule has 0 aliphatic carbocycles. The van der Waals surface area contributed by atoms with Crippen molar-refractivity contribution in [1.82, 2.24) is 20.2 Å². The van der Waals surface area contributed by atoms with Gasteiger partial charge in [0.1, 0.15) is 11.9 Å². The van der Waals surface area contributed by atoms with Crippen LogP contribution in [0.2, 0.25) is 0 Å². The molecule has 6 nitrogen and oxygen atoms in total. The molecule has 0 saturated carbocycles. The van der Waals surface area contributed by atoms with E-state index in [0.29, 0.717) is 19.4 Å². The van der Waals surface area contributed by atoms with Crippen LogP contribution in [-0.2, 0) is 16.6 Å². The van der Waals surface area contributed by atoms with Crippen LogP contribution in [0.15, 0.2) is 42.7 Å². The minimum Gasteiger partial charge on any atom is -0.356 e. The predicted molar refractivity (Wildman–Crippen MR) is 101 cm³/mol. The lowest BCUT2D eigenvalue weighted by atomic mass is 9.96. The van der Waals surface area contributed by atoms with Crippen molar-refractivity contribution in [2.24, 2.45) is 12.5 Å². The van der Waals surface area contributed by atoms with E-state index in [0.717, 1.165) is 11.4 Å². The van der Waals surface area contributed by atoms with Crippen LogP contribution in [0.3, 0.4) is 0 Å². The number of hydrogen-bond acceptors (Lipinski definition) is 3. The third-order valence-corrected chi connectivity index (χ3v) is 4.10. The van der Waals surface area contributed by atoms with E-state index in [9.17, 15) is 9.59 Å². The average molecular weight is 356 g/mol.